The van der Waals surface area contributed by atoms with Crippen molar-refractivity contribution in [3.8, 4) is 11.5 Å². The van der Waals surface area contributed by atoms with E-state index in [1.165, 1.54) is 0 Å². The molecule has 0 radical (unpaired) electrons. The van der Waals surface area contributed by atoms with Crippen molar-refractivity contribution in [2.24, 2.45) is 5.92 Å². The van der Waals surface area contributed by atoms with Crippen LogP contribution in [0.1, 0.15) is 24.8 Å². The first-order chi connectivity index (χ1) is 15.3. The first-order valence-corrected chi connectivity index (χ1v) is 12.9. The number of carbonyl (C=O) groups excluding carboxylic acids is 1. The highest BCUT2D eigenvalue weighted by atomic mass is 32.2. The SMILES string of the molecule is Cc1cc(N2CCOc3ccc(OC4CCN(C(=O)C5CC5)C4)cc32)cnc1S(C)(=O)=O. The van der Waals surface area contributed by atoms with E-state index in [0.717, 1.165) is 54.9 Å². The highest BCUT2D eigenvalue weighted by Crippen LogP contribution is 2.40. The van der Waals surface area contributed by atoms with Crippen LogP contribution in [0.15, 0.2) is 35.5 Å². The minimum atomic E-state index is -3.38. The van der Waals surface area contributed by atoms with Gasteiger partial charge in [-0.05, 0) is 43.5 Å². The van der Waals surface area contributed by atoms with Crippen LogP contribution >= 0.6 is 0 Å². The minimum Gasteiger partial charge on any atom is -0.490 e. The predicted molar refractivity (Wildman–Crippen MR) is 119 cm³/mol. The number of carbonyl (C=O) groups is 1. The Morgan fingerprint density at radius 1 is 1.19 bits per heavy atom. The Hall–Kier alpha value is -2.81. The van der Waals surface area contributed by atoms with Gasteiger partial charge < -0.3 is 19.3 Å². The van der Waals surface area contributed by atoms with Crippen LogP contribution in [-0.4, -0.2) is 62.8 Å². The zero-order chi connectivity index (χ0) is 22.5. The standard InChI is InChI=1S/C23H27N3O5S/c1-15-11-17(13-24-22(15)32(2,28)29)26-9-10-30-21-6-5-18(12-20(21)26)31-19-7-8-25(14-19)23(27)16-3-4-16/h5-6,11-13,16,19H,3-4,7-10,14H2,1-2H3. The van der Waals surface area contributed by atoms with Crippen LogP contribution in [0.25, 0.3) is 0 Å². The van der Waals surface area contributed by atoms with Gasteiger partial charge in [-0.25, -0.2) is 13.4 Å². The second-order valence-corrected chi connectivity index (χ2v) is 10.7. The molecule has 0 bridgehead atoms. The van der Waals surface area contributed by atoms with E-state index >= 15 is 0 Å². The average Bonchev–Trinajstić information content (AvgIpc) is 3.50. The molecule has 32 heavy (non-hydrogen) atoms. The van der Waals surface area contributed by atoms with Crippen LogP contribution in [-0.2, 0) is 14.6 Å². The minimum absolute atomic E-state index is 0.0216. The summed E-state index contributed by atoms with van der Waals surface area (Å²) in [5, 5.41) is 0.0957. The van der Waals surface area contributed by atoms with E-state index in [2.05, 4.69) is 9.88 Å². The molecule has 3 heterocycles. The number of hydrogen-bond donors (Lipinski definition) is 0. The third kappa shape index (κ3) is 4.13. The summed E-state index contributed by atoms with van der Waals surface area (Å²) in [4.78, 5) is 20.5. The summed E-state index contributed by atoms with van der Waals surface area (Å²) in [6.45, 7) is 4.26. The maximum absolute atomic E-state index is 12.3. The van der Waals surface area contributed by atoms with Crippen LogP contribution in [0.5, 0.6) is 11.5 Å². The first-order valence-electron chi connectivity index (χ1n) is 11.0. The lowest BCUT2D eigenvalue weighted by Crippen LogP contribution is -2.32. The number of nitrogens with zero attached hydrogens (tertiary/aromatic N) is 3. The molecule has 170 valence electrons. The molecule has 1 unspecified atom stereocenters. The largest absolute Gasteiger partial charge is 0.490 e. The smallest absolute Gasteiger partial charge is 0.225 e. The van der Waals surface area contributed by atoms with Gasteiger partial charge in [0.05, 0.1) is 30.7 Å². The molecule has 1 aromatic carbocycles. The van der Waals surface area contributed by atoms with Gasteiger partial charge in [-0.2, -0.15) is 0 Å². The second-order valence-electron chi connectivity index (χ2n) is 8.80. The number of rotatable bonds is 5. The monoisotopic (exact) mass is 457 g/mol. The molecule has 1 saturated carbocycles. The zero-order valence-corrected chi connectivity index (χ0v) is 19.1. The Bertz CT molecular complexity index is 1160. The highest BCUT2D eigenvalue weighted by molar-refractivity contribution is 7.90. The van der Waals surface area contributed by atoms with Crippen molar-refractivity contribution in [3.63, 3.8) is 0 Å². The third-order valence-electron chi connectivity index (χ3n) is 6.16. The fourth-order valence-electron chi connectivity index (χ4n) is 4.43. The molecule has 1 saturated heterocycles. The van der Waals surface area contributed by atoms with Crippen LogP contribution < -0.4 is 14.4 Å². The number of fused-ring (bicyclic) bond motifs is 1. The molecule has 1 atom stereocenters. The van der Waals surface area contributed by atoms with Gasteiger partial charge >= 0.3 is 0 Å². The van der Waals surface area contributed by atoms with Gasteiger partial charge in [0.15, 0.2) is 14.9 Å². The summed E-state index contributed by atoms with van der Waals surface area (Å²) in [5.41, 5.74) is 2.27. The summed E-state index contributed by atoms with van der Waals surface area (Å²) in [7, 11) is -3.38. The van der Waals surface area contributed by atoms with Crippen molar-refractivity contribution in [2.45, 2.75) is 37.3 Å². The molecule has 9 heteroatoms. The zero-order valence-electron chi connectivity index (χ0n) is 18.3. The molecule has 2 aliphatic heterocycles. The van der Waals surface area contributed by atoms with Gasteiger partial charge in [0.2, 0.25) is 5.91 Å². The van der Waals surface area contributed by atoms with Gasteiger partial charge in [-0.15, -0.1) is 0 Å². The predicted octanol–water partition coefficient (Wildman–Crippen LogP) is 2.71. The normalized spacial score (nSPS) is 20.6. The van der Waals surface area contributed by atoms with E-state index in [9.17, 15) is 13.2 Å². The summed E-state index contributed by atoms with van der Waals surface area (Å²) < 4.78 is 35.9. The second kappa shape index (κ2) is 7.95. The summed E-state index contributed by atoms with van der Waals surface area (Å²) in [6, 6.07) is 7.57. The molecular weight excluding hydrogens is 430 g/mol. The van der Waals surface area contributed by atoms with Crippen LogP contribution in [0.4, 0.5) is 11.4 Å². The van der Waals surface area contributed by atoms with Gasteiger partial charge in [0, 0.05) is 31.2 Å². The summed E-state index contributed by atoms with van der Waals surface area (Å²) in [6.07, 6.45) is 5.59. The van der Waals surface area contributed by atoms with Gasteiger partial charge in [-0.3, -0.25) is 4.79 Å². The van der Waals surface area contributed by atoms with Crippen molar-refractivity contribution in [1.29, 1.82) is 0 Å². The van der Waals surface area contributed by atoms with Crippen molar-refractivity contribution in [1.82, 2.24) is 9.88 Å². The molecule has 5 rings (SSSR count). The lowest BCUT2D eigenvalue weighted by atomic mass is 10.2. The van der Waals surface area contributed by atoms with Crippen LogP contribution in [0.2, 0.25) is 0 Å². The molecule has 0 spiro atoms. The number of benzene rings is 1. The number of anilines is 2. The average molecular weight is 458 g/mol. The van der Waals surface area contributed by atoms with Gasteiger partial charge in [-0.1, -0.05) is 0 Å². The molecule has 0 N–H and O–H groups in total. The third-order valence-corrected chi connectivity index (χ3v) is 7.29. The van der Waals surface area contributed by atoms with Crippen molar-refractivity contribution >= 4 is 27.1 Å². The number of aromatic nitrogens is 1. The summed E-state index contributed by atoms with van der Waals surface area (Å²) in [5.74, 6) is 1.96. The van der Waals surface area contributed by atoms with E-state index in [1.807, 2.05) is 29.2 Å². The topological polar surface area (TPSA) is 89.0 Å². The van der Waals surface area contributed by atoms with E-state index in [-0.39, 0.29) is 23.0 Å². The maximum Gasteiger partial charge on any atom is 0.225 e. The Kier molecular flexibility index (Phi) is 5.23. The van der Waals surface area contributed by atoms with Crippen LogP contribution in [0.3, 0.4) is 0 Å². The van der Waals surface area contributed by atoms with Crippen molar-refractivity contribution < 1.29 is 22.7 Å². The molecular formula is C23H27N3O5S. The molecule has 1 aromatic heterocycles. The molecule has 1 aliphatic carbocycles. The maximum atomic E-state index is 12.3. The van der Waals surface area contributed by atoms with E-state index < -0.39 is 9.84 Å². The number of hydrogen-bond acceptors (Lipinski definition) is 7. The van der Waals surface area contributed by atoms with Crippen LogP contribution in [0, 0.1) is 12.8 Å². The Balaban J connectivity index is 1.36. The van der Waals surface area contributed by atoms with E-state index in [0.29, 0.717) is 25.3 Å². The molecule has 2 aromatic rings. The molecule has 2 fully saturated rings. The number of sulfone groups is 1. The van der Waals surface area contributed by atoms with Gasteiger partial charge in [0.25, 0.3) is 0 Å². The van der Waals surface area contributed by atoms with E-state index in [1.54, 1.807) is 13.1 Å². The molecule has 1 amide bonds. The molecule has 8 nitrogen and oxygen atoms in total. The number of aryl methyl sites for hydroxylation is 1. The highest BCUT2D eigenvalue weighted by Gasteiger charge is 2.37. The number of amides is 1. The Morgan fingerprint density at radius 2 is 2.00 bits per heavy atom. The lowest BCUT2D eigenvalue weighted by molar-refractivity contribution is -0.131. The van der Waals surface area contributed by atoms with Gasteiger partial charge in [0.1, 0.15) is 24.2 Å². The lowest BCUT2D eigenvalue weighted by Gasteiger charge is -2.32. The van der Waals surface area contributed by atoms with Crippen molar-refractivity contribution in [2.75, 3.05) is 37.4 Å². The van der Waals surface area contributed by atoms with E-state index in [4.69, 9.17) is 9.47 Å². The fraction of sp³-hybridized carbons (Fsp3) is 0.478. The fourth-order valence-corrected chi connectivity index (χ4v) is 5.32. The summed E-state index contributed by atoms with van der Waals surface area (Å²) >= 11 is 0. The number of likely N-dealkylation sites (tertiary alicyclic amines) is 1. The quantitative estimate of drug-likeness (QED) is 0.682. The number of pyridine rings is 1. The molecule has 3 aliphatic rings. The number of ether oxygens (including phenoxy) is 2. The first kappa shape index (κ1) is 21.1. The van der Waals surface area contributed by atoms with Crippen molar-refractivity contribution in [3.05, 3.63) is 36.0 Å². The Morgan fingerprint density at radius 3 is 2.72 bits per heavy atom. The Labute approximate surface area is 188 Å².